The standard InChI is InChI=1S/C14H18N2O4S/c1-9-3-5-11(6-4-9)21-8-7-12(17)20-10(2)13(18)16-14(15)19/h3-6,10H,7-8H2,1-2H3,(H3,15,16,18,19)/t10-/m0/s1. The summed E-state index contributed by atoms with van der Waals surface area (Å²) in [6.45, 7) is 3.38. The van der Waals surface area contributed by atoms with Crippen molar-refractivity contribution in [2.75, 3.05) is 5.75 Å². The molecule has 0 heterocycles. The van der Waals surface area contributed by atoms with Crippen LogP contribution >= 0.6 is 11.8 Å². The molecule has 3 N–H and O–H groups in total. The average molecular weight is 310 g/mol. The van der Waals surface area contributed by atoms with E-state index in [4.69, 9.17) is 10.5 Å². The van der Waals surface area contributed by atoms with E-state index < -0.39 is 24.0 Å². The SMILES string of the molecule is Cc1ccc(SCCC(=O)O[C@@H](C)C(=O)NC(N)=O)cc1. The second-order valence-corrected chi connectivity index (χ2v) is 5.57. The van der Waals surface area contributed by atoms with E-state index in [9.17, 15) is 14.4 Å². The Kier molecular flexibility index (Phi) is 6.74. The Labute approximate surface area is 127 Å². The van der Waals surface area contributed by atoms with Crippen LogP contribution in [0.5, 0.6) is 0 Å². The number of amides is 3. The van der Waals surface area contributed by atoms with Crippen LogP contribution < -0.4 is 11.1 Å². The third kappa shape index (κ3) is 6.80. The maximum atomic E-state index is 11.6. The minimum absolute atomic E-state index is 0.173. The number of thioether (sulfide) groups is 1. The van der Waals surface area contributed by atoms with Crippen molar-refractivity contribution in [1.82, 2.24) is 5.32 Å². The molecule has 114 valence electrons. The molecular formula is C14H18N2O4S. The zero-order valence-electron chi connectivity index (χ0n) is 11.9. The van der Waals surface area contributed by atoms with Crippen LogP contribution in [0.3, 0.4) is 0 Å². The van der Waals surface area contributed by atoms with Gasteiger partial charge in [0.15, 0.2) is 6.10 Å². The van der Waals surface area contributed by atoms with E-state index in [0.29, 0.717) is 5.75 Å². The number of carbonyl (C=O) groups excluding carboxylic acids is 3. The summed E-state index contributed by atoms with van der Waals surface area (Å²) in [4.78, 5) is 34.4. The van der Waals surface area contributed by atoms with E-state index in [-0.39, 0.29) is 6.42 Å². The van der Waals surface area contributed by atoms with Gasteiger partial charge in [-0.05, 0) is 26.0 Å². The molecule has 7 heteroatoms. The molecule has 3 amide bonds. The molecule has 1 rings (SSSR count). The van der Waals surface area contributed by atoms with Crippen LogP contribution in [0.2, 0.25) is 0 Å². The van der Waals surface area contributed by atoms with E-state index in [0.717, 1.165) is 4.90 Å². The second kappa shape index (κ2) is 8.31. The molecule has 1 aromatic rings. The van der Waals surface area contributed by atoms with Gasteiger partial charge in [0.05, 0.1) is 6.42 Å². The summed E-state index contributed by atoms with van der Waals surface area (Å²) in [7, 11) is 0. The van der Waals surface area contributed by atoms with Gasteiger partial charge in [0.1, 0.15) is 0 Å². The molecule has 0 bridgehead atoms. The van der Waals surface area contributed by atoms with Gasteiger partial charge in [-0.25, -0.2) is 4.79 Å². The van der Waals surface area contributed by atoms with E-state index in [1.165, 1.54) is 24.2 Å². The second-order valence-electron chi connectivity index (χ2n) is 4.40. The molecule has 6 nitrogen and oxygen atoms in total. The average Bonchev–Trinajstić information content (AvgIpc) is 2.40. The number of primary amides is 1. The fourth-order valence-electron chi connectivity index (χ4n) is 1.42. The van der Waals surface area contributed by atoms with Crippen molar-refractivity contribution < 1.29 is 19.1 Å². The fraction of sp³-hybridized carbons (Fsp3) is 0.357. The lowest BCUT2D eigenvalue weighted by atomic mass is 10.2. The monoisotopic (exact) mass is 310 g/mol. The predicted octanol–water partition coefficient (Wildman–Crippen LogP) is 1.60. The Morgan fingerprint density at radius 2 is 1.90 bits per heavy atom. The smallest absolute Gasteiger partial charge is 0.318 e. The first-order valence-electron chi connectivity index (χ1n) is 6.37. The maximum Gasteiger partial charge on any atom is 0.318 e. The number of nitrogens with two attached hydrogens (primary N) is 1. The van der Waals surface area contributed by atoms with Crippen LogP contribution in [0, 0.1) is 6.92 Å². The molecule has 0 spiro atoms. The number of urea groups is 1. The molecule has 0 aromatic heterocycles. The number of benzene rings is 1. The van der Waals surface area contributed by atoms with Gasteiger partial charge in [-0.3, -0.25) is 14.9 Å². The van der Waals surface area contributed by atoms with Gasteiger partial charge in [-0.15, -0.1) is 11.8 Å². The molecular weight excluding hydrogens is 292 g/mol. The molecule has 21 heavy (non-hydrogen) atoms. The van der Waals surface area contributed by atoms with E-state index in [2.05, 4.69) is 0 Å². The lowest BCUT2D eigenvalue weighted by Crippen LogP contribution is -2.42. The summed E-state index contributed by atoms with van der Waals surface area (Å²) in [5.74, 6) is -0.685. The number of imide groups is 1. The molecule has 1 aromatic carbocycles. The Hall–Kier alpha value is -2.02. The highest BCUT2D eigenvalue weighted by molar-refractivity contribution is 7.99. The third-order valence-corrected chi connectivity index (χ3v) is 3.53. The third-order valence-electron chi connectivity index (χ3n) is 2.52. The van der Waals surface area contributed by atoms with Crippen LogP contribution in [-0.2, 0) is 14.3 Å². The number of carbonyl (C=O) groups is 3. The first-order chi connectivity index (χ1) is 9.88. The Balaban J connectivity index is 2.29. The van der Waals surface area contributed by atoms with E-state index >= 15 is 0 Å². The number of hydrogen-bond donors (Lipinski definition) is 2. The quantitative estimate of drug-likeness (QED) is 0.614. The molecule has 0 radical (unpaired) electrons. The Morgan fingerprint density at radius 3 is 2.48 bits per heavy atom. The van der Waals surface area contributed by atoms with Gasteiger partial charge in [-0.2, -0.15) is 0 Å². The van der Waals surface area contributed by atoms with Crippen molar-refractivity contribution >= 4 is 29.7 Å². The molecule has 0 unspecified atom stereocenters. The molecule has 0 fully saturated rings. The minimum Gasteiger partial charge on any atom is -0.453 e. The number of ether oxygens (including phenoxy) is 1. The Bertz CT molecular complexity index is 516. The number of esters is 1. The van der Waals surface area contributed by atoms with E-state index in [1.807, 2.05) is 36.5 Å². The summed E-state index contributed by atoms with van der Waals surface area (Å²) in [5.41, 5.74) is 5.98. The predicted molar refractivity (Wildman–Crippen MR) is 79.8 cm³/mol. The summed E-state index contributed by atoms with van der Waals surface area (Å²) in [6.07, 6.45) is -0.874. The fourth-order valence-corrected chi connectivity index (χ4v) is 2.25. The van der Waals surface area contributed by atoms with Crippen LogP contribution in [0.25, 0.3) is 0 Å². The topological polar surface area (TPSA) is 98.5 Å². The summed E-state index contributed by atoms with van der Waals surface area (Å²) >= 11 is 1.53. The highest BCUT2D eigenvalue weighted by atomic mass is 32.2. The minimum atomic E-state index is -1.05. The first-order valence-corrected chi connectivity index (χ1v) is 7.36. The lowest BCUT2D eigenvalue weighted by molar-refractivity contribution is -0.154. The molecule has 0 saturated carbocycles. The zero-order valence-corrected chi connectivity index (χ0v) is 12.7. The normalized spacial score (nSPS) is 11.5. The van der Waals surface area contributed by atoms with Gasteiger partial charge in [0.2, 0.25) is 0 Å². The summed E-state index contributed by atoms with van der Waals surface area (Å²) in [5, 5.41) is 1.85. The van der Waals surface area contributed by atoms with Crippen molar-refractivity contribution in [3.05, 3.63) is 29.8 Å². The van der Waals surface area contributed by atoms with Crippen molar-refractivity contribution in [2.45, 2.75) is 31.3 Å². The van der Waals surface area contributed by atoms with E-state index in [1.54, 1.807) is 0 Å². The number of rotatable bonds is 6. The summed E-state index contributed by atoms with van der Waals surface area (Å²) < 4.78 is 4.90. The van der Waals surface area contributed by atoms with Gasteiger partial charge in [0, 0.05) is 10.6 Å². The molecule has 1 atom stereocenters. The maximum absolute atomic E-state index is 11.6. The first kappa shape index (κ1) is 17.0. The molecule has 0 aliphatic rings. The number of nitrogens with one attached hydrogen (secondary N) is 1. The van der Waals surface area contributed by atoms with Crippen molar-refractivity contribution in [2.24, 2.45) is 5.73 Å². The van der Waals surface area contributed by atoms with Crippen molar-refractivity contribution in [3.8, 4) is 0 Å². The Morgan fingerprint density at radius 1 is 1.29 bits per heavy atom. The van der Waals surface area contributed by atoms with Gasteiger partial charge in [0.25, 0.3) is 5.91 Å². The van der Waals surface area contributed by atoms with Gasteiger partial charge in [-0.1, -0.05) is 17.7 Å². The molecule has 0 aliphatic heterocycles. The van der Waals surface area contributed by atoms with Crippen LogP contribution in [0.15, 0.2) is 29.2 Å². The van der Waals surface area contributed by atoms with Crippen LogP contribution in [-0.4, -0.2) is 29.8 Å². The van der Waals surface area contributed by atoms with Crippen LogP contribution in [0.4, 0.5) is 4.79 Å². The lowest BCUT2D eigenvalue weighted by Gasteiger charge is -2.11. The largest absolute Gasteiger partial charge is 0.453 e. The van der Waals surface area contributed by atoms with Crippen LogP contribution in [0.1, 0.15) is 18.9 Å². The zero-order chi connectivity index (χ0) is 15.8. The van der Waals surface area contributed by atoms with Gasteiger partial charge >= 0.3 is 12.0 Å². The number of hydrogen-bond acceptors (Lipinski definition) is 5. The molecule has 0 saturated heterocycles. The van der Waals surface area contributed by atoms with Crippen molar-refractivity contribution in [1.29, 1.82) is 0 Å². The number of aryl methyl sites for hydroxylation is 1. The highest BCUT2D eigenvalue weighted by Crippen LogP contribution is 2.19. The van der Waals surface area contributed by atoms with Crippen molar-refractivity contribution in [3.63, 3.8) is 0 Å². The van der Waals surface area contributed by atoms with Gasteiger partial charge < -0.3 is 10.5 Å². The molecule has 0 aliphatic carbocycles. The summed E-state index contributed by atoms with van der Waals surface area (Å²) in [6, 6.07) is 6.98. The highest BCUT2D eigenvalue weighted by Gasteiger charge is 2.18.